The van der Waals surface area contributed by atoms with Gasteiger partial charge in [-0.3, -0.25) is 9.59 Å². The number of hydrogen-bond donors (Lipinski definition) is 1. The monoisotopic (exact) mass is 514 g/mol. The lowest BCUT2D eigenvalue weighted by Crippen LogP contribution is -2.34. The van der Waals surface area contributed by atoms with Crippen molar-refractivity contribution in [1.29, 1.82) is 0 Å². The van der Waals surface area contributed by atoms with Gasteiger partial charge in [-0.2, -0.15) is 0 Å². The molecule has 6 aliphatic rings. The number of carbonyl (C=O) groups excluding carboxylic acids is 2. The summed E-state index contributed by atoms with van der Waals surface area (Å²) in [4.78, 5) is 29.0. The molecule has 9 atom stereocenters. The summed E-state index contributed by atoms with van der Waals surface area (Å²) in [6.07, 6.45) is 2.50. The molecular weight excluding hydrogens is 480 g/mol. The van der Waals surface area contributed by atoms with E-state index in [0.717, 1.165) is 30.4 Å². The van der Waals surface area contributed by atoms with Crippen LogP contribution in [0.25, 0.3) is 0 Å². The third kappa shape index (κ3) is 3.74. The zero-order chi connectivity index (χ0) is 26.0. The van der Waals surface area contributed by atoms with Gasteiger partial charge in [-0.25, -0.2) is 0 Å². The van der Waals surface area contributed by atoms with Crippen molar-refractivity contribution in [1.82, 2.24) is 9.80 Å². The summed E-state index contributed by atoms with van der Waals surface area (Å²) >= 11 is 0. The molecule has 7 heteroatoms. The Morgan fingerprint density at radius 2 is 1.24 bits per heavy atom. The van der Waals surface area contributed by atoms with E-state index in [1.54, 1.807) is 0 Å². The summed E-state index contributed by atoms with van der Waals surface area (Å²) in [6, 6.07) is 20.4. The van der Waals surface area contributed by atoms with Gasteiger partial charge >= 0.3 is 0 Å². The van der Waals surface area contributed by atoms with Crippen LogP contribution in [0.15, 0.2) is 72.8 Å². The van der Waals surface area contributed by atoms with Gasteiger partial charge in [0.25, 0.3) is 0 Å². The van der Waals surface area contributed by atoms with E-state index in [-0.39, 0.29) is 60.2 Å². The Morgan fingerprint density at radius 3 is 1.82 bits per heavy atom. The fraction of sp³-hybridized carbons (Fsp3) is 0.484. The number of aliphatic hydroxyl groups excluding tert-OH is 1. The van der Waals surface area contributed by atoms with Crippen LogP contribution in [0.5, 0.6) is 0 Å². The second-order valence-corrected chi connectivity index (χ2v) is 11.6. The summed E-state index contributed by atoms with van der Waals surface area (Å²) in [5.74, 6) is 1.30. The normalized spacial score (nSPS) is 38.7. The van der Waals surface area contributed by atoms with Crippen LogP contribution in [-0.2, 0) is 19.1 Å². The number of allylic oxidation sites excluding steroid dienone is 1. The SMILES string of the molecule is C=C1CC2C(=O)N3C(CO[C@H]3c3ccccc3)[C@H]2C1.O=C1C2CC(O)C[C@@H]2C2CO[C@@H](c3ccccc3)N12. The van der Waals surface area contributed by atoms with Crippen LogP contribution in [0.4, 0.5) is 0 Å². The molecule has 2 aliphatic carbocycles. The van der Waals surface area contributed by atoms with Gasteiger partial charge in [0.1, 0.15) is 0 Å². The summed E-state index contributed by atoms with van der Waals surface area (Å²) in [5.41, 5.74) is 3.35. The quantitative estimate of drug-likeness (QED) is 0.617. The van der Waals surface area contributed by atoms with Crippen molar-refractivity contribution in [2.75, 3.05) is 13.2 Å². The third-order valence-corrected chi connectivity index (χ3v) is 9.51. The van der Waals surface area contributed by atoms with Gasteiger partial charge in [-0.05, 0) is 37.5 Å². The van der Waals surface area contributed by atoms with Crippen LogP contribution in [-0.4, -0.2) is 58.1 Å². The molecule has 0 radical (unpaired) electrons. The smallest absolute Gasteiger partial charge is 0.229 e. The highest BCUT2D eigenvalue weighted by Gasteiger charge is 2.58. The molecule has 8 rings (SSSR count). The largest absolute Gasteiger partial charge is 0.393 e. The van der Waals surface area contributed by atoms with Gasteiger partial charge in [0, 0.05) is 23.0 Å². The second kappa shape index (κ2) is 9.33. The lowest BCUT2D eigenvalue weighted by molar-refractivity contribution is -0.138. The van der Waals surface area contributed by atoms with Crippen molar-refractivity contribution in [3.63, 3.8) is 0 Å². The Kier molecular flexibility index (Phi) is 5.91. The molecular formula is C31H34N2O5. The number of nitrogens with zero attached hydrogens (tertiary/aromatic N) is 2. The van der Waals surface area contributed by atoms with E-state index in [1.165, 1.54) is 5.57 Å². The van der Waals surface area contributed by atoms with E-state index in [1.807, 2.05) is 70.5 Å². The van der Waals surface area contributed by atoms with Crippen LogP contribution in [0.1, 0.15) is 49.3 Å². The van der Waals surface area contributed by atoms with Crippen LogP contribution in [0, 0.1) is 23.7 Å². The molecule has 2 aromatic carbocycles. The minimum atomic E-state index is -0.308. The van der Waals surface area contributed by atoms with Crippen LogP contribution in [0.3, 0.4) is 0 Å². The molecule has 7 nitrogen and oxygen atoms in total. The minimum absolute atomic E-state index is 0.00936. The predicted molar refractivity (Wildman–Crippen MR) is 139 cm³/mol. The van der Waals surface area contributed by atoms with Crippen LogP contribution in [0.2, 0.25) is 0 Å². The molecule has 1 N–H and O–H groups in total. The number of fused-ring (bicyclic) bond motifs is 6. The van der Waals surface area contributed by atoms with Crippen molar-refractivity contribution in [2.45, 2.75) is 56.3 Å². The summed E-state index contributed by atoms with van der Waals surface area (Å²) in [5, 5.41) is 9.74. The van der Waals surface area contributed by atoms with E-state index in [0.29, 0.717) is 25.6 Å². The van der Waals surface area contributed by atoms with Crippen molar-refractivity contribution >= 4 is 11.8 Å². The number of carbonyl (C=O) groups is 2. The molecule has 4 saturated heterocycles. The lowest BCUT2D eigenvalue weighted by atomic mass is 9.94. The average Bonchev–Trinajstić information content (AvgIpc) is 3.76. The van der Waals surface area contributed by atoms with Gasteiger partial charge in [0.15, 0.2) is 12.5 Å². The van der Waals surface area contributed by atoms with Crippen molar-refractivity contribution < 1.29 is 24.2 Å². The molecule has 38 heavy (non-hydrogen) atoms. The van der Waals surface area contributed by atoms with Crippen LogP contribution < -0.4 is 0 Å². The Bertz CT molecular complexity index is 1240. The zero-order valence-electron chi connectivity index (χ0n) is 21.4. The van der Waals surface area contributed by atoms with Crippen molar-refractivity contribution in [3.8, 4) is 0 Å². The van der Waals surface area contributed by atoms with E-state index in [2.05, 4.69) is 6.58 Å². The topological polar surface area (TPSA) is 79.3 Å². The molecule has 4 heterocycles. The van der Waals surface area contributed by atoms with Crippen molar-refractivity contribution in [3.05, 3.63) is 83.9 Å². The fourth-order valence-electron chi connectivity index (χ4n) is 7.85. The Morgan fingerprint density at radius 1 is 0.711 bits per heavy atom. The number of benzene rings is 2. The Hall–Kier alpha value is -3.00. The molecule has 2 amide bonds. The number of rotatable bonds is 2. The molecule has 6 fully saturated rings. The van der Waals surface area contributed by atoms with E-state index < -0.39 is 0 Å². The van der Waals surface area contributed by atoms with Gasteiger partial charge < -0.3 is 24.4 Å². The molecule has 0 spiro atoms. The molecule has 4 aliphatic heterocycles. The third-order valence-electron chi connectivity index (χ3n) is 9.51. The second-order valence-electron chi connectivity index (χ2n) is 11.6. The summed E-state index contributed by atoms with van der Waals surface area (Å²) in [6.45, 7) is 5.31. The summed E-state index contributed by atoms with van der Waals surface area (Å²) < 4.78 is 11.7. The number of amides is 2. The Labute approximate surface area is 223 Å². The number of aliphatic hydroxyl groups is 1. The molecule has 2 saturated carbocycles. The average molecular weight is 515 g/mol. The molecule has 2 aromatic rings. The molecule has 5 unspecified atom stereocenters. The molecule has 0 aromatic heterocycles. The highest BCUT2D eigenvalue weighted by atomic mass is 16.5. The first-order valence-electron chi connectivity index (χ1n) is 13.8. The van der Waals surface area contributed by atoms with Crippen LogP contribution >= 0.6 is 0 Å². The first-order valence-corrected chi connectivity index (χ1v) is 13.8. The first kappa shape index (κ1) is 24.1. The highest BCUT2D eigenvalue weighted by Crippen LogP contribution is 2.51. The van der Waals surface area contributed by atoms with Gasteiger partial charge in [0.2, 0.25) is 11.8 Å². The maximum Gasteiger partial charge on any atom is 0.229 e. The first-order chi connectivity index (χ1) is 18.5. The molecule has 198 valence electrons. The Balaban J connectivity index is 0.000000127. The fourth-order valence-corrected chi connectivity index (χ4v) is 7.85. The predicted octanol–water partition coefficient (Wildman–Crippen LogP) is 3.82. The van der Waals surface area contributed by atoms with Crippen molar-refractivity contribution in [2.24, 2.45) is 23.7 Å². The lowest BCUT2D eigenvalue weighted by Gasteiger charge is -2.24. The zero-order valence-corrected chi connectivity index (χ0v) is 21.4. The number of hydrogen-bond acceptors (Lipinski definition) is 5. The standard InChI is InChI=1S/C16H17NO2.C15H17NO3/c1-10-7-12-13(8-10)15(18)17-14(12)9-19-16(17)11-5-3-2-4-6-11;17-10-6-11-12(7-10)14(18)16-13(11)8-19-15(16)9-4-2-1-3-5-9/h2-6,12-14,16H,1,7-9H2;1-5,10-13,15,17H,6-8H2/t12-,13?,14?,16-;10?,11-,12?,13?,15-/m00/s1. The maximum atomic E-state index is 12.6. The van der Waals surface area contributed by atoms with E-state index in [4.69, 9.17) is 9.47 Å². The summed E-state index contributed by atoms with van der Waals surface area (Å²) in [7, 11) is 0. The highest BCUT2D eigenvalue weighted by molar-refractivity contribution is 5.84. The van der Waals surface area contributed by atoms with Gasteiger partial charge in [0.05, 0.1) is 31.4 Å². The molecule has 0 bridgehead atoms. The van der Waals surface area contributed by atoms with Gasteiger partial charge in [-0.1, -0.05) is 72.8 Å². The van der Waals surface area contributed by atoms with Gasteiger partial charge in [-0.15, -0.1) is 0 Å². The van der Waals surface area contributed by atoms with E-state index in [9.17, 15) is 14.7 Å². The maximum absolute atomic E-state index is 12.6. The van der Waals surface area contributed by atoms with E-state index >= 15 is 0 Å². The number of ether oxygens (including phenoxy) is 2. The minimum Gasteiger partial charge on any atom is -0.393 e.